The van der Waals surface area contributed by atoms with E-state index in [1.165, 1.54) is 24.3 Å². The minimum Gasteiger partial charge on any atom is -0.497 e. The summed E-state index contributed by atoms with van der Waals surface area (Å²) in [6, 6.07) is 18.0. The summed E-state index contributed by atoms with van der Waals surface area (Å²) in [5.74, 6) is -0.543. The number of ether oxygens (including phenoxy) is 1. The number of benzene rings is 3. The molecule has 0 bridgehead atoms. The summed E-state index contributed by atoms with van der Waals surface area (Å²) in [6.07, 6.45) is 0. The van der Waals surface area contributed by atoms with E-state index in [0.717, 1.165) is 15.9 Å². The van der Waals surface area contributed by atoms with Crippen molar-refractivity contribution in [3.63, 3.8) is 0 Å². The van der Waals surface area contributed by atoms with Gasteiger partial charge in [0.2, 0.25) is 5.91 Å². The molecule has 0 saturated carbocycles. The fraction of sp³-hybridized carbons (Fsp3) is 0.174. The van der Waals surface area contributed by atoms with Crippen molar-refractivity contribution in [2.75, 3.05) is 18.0 Å². The van der Waals surface area contributed by atoms with Gasteiger partial charge in [0.25, 0.3) is 10.0 Å². The minimum absolute atomic E-state index is 0.00329. The van der Waals surface area contributed by atoms with E-state index in [-0.39, 0.29) is 21.6 Å². The lowest BCUT2D eigenvalue weighted by Gasteiger charge is -2.25. The molecule has 1 N–H and O–H groups in total. The highest BCUT2D eigenvalue weighted by molar-refractivity contribution is 7.92. The Bertz CT molecular complexity index is 1190. The van der Waals surface area contributed by atoms with Crippen LogP contribution in [0.15, 0.2) is 77.7 Å². The van der Waals surface area contributed by atoms with Gasteiger partial charge in [0, 0.05) is 0 Å². The Morgan fingerprint density at radius 2 is 1.75 bits per heavy atom. The van der Waals surface area contributed by atoms with Crippen LogP contribution < -0.4 is 14.4 Å². The van der Waals surface area contributed by atoms with Gasteiger partial charge in [-0.1, -0.05) is 41.9 Å². The molecule has 3 aromatic rings. The van der Waals surface area contributed by atoms with Crippen molar-refractivity contribution < 1.29 is 22.3 Å². The van der Waals surface area contributed by atoms with Gasteiger partial charge in [0.1, 0.15) is 18.1 Å². The van der Waals surface area contributed by atoms with Crippen LogP contribution in [-0.4, -0.2) is 28.0 Å². The SMILES string of the molecule is COc1ccc(C(C)NC(=O)CN(c2ccc(F)c(Cl)c2)S(=O)(=O)c2ccccc2)cc1. The molecule has 3 aromatic carbocycles. The lowest BCUT2D eigenvalue weighted by Crippen LogP contribution is -2.41. The van der Waals surface area contributed by atoms with Crippen molar-refractivity contribution >= 4 is 33.2 Å². The van der Waals surface area contributed by atoms with Crippen LogP contribution in [0.3, 0.4) is 0 Å². The molecule has 0 aliphatic carbocycles. The zero-order valence-corrected chi connectivity index (χ0v) is 19.0. The molecule has 0 fully saturated rings. The highest BCUT2D eigenvalue weighted by Crippen LogP contribution is 2.28. The second kappa shape index (κ2) is 10.0. The number of carbonyl (C=O) groups is 1. The average molecular weight is 477 g/mol. The molecule has 0 heterocycles. The third kappa shape index (κ3) is 5.38. The van der Waals surface area contributed by atoms with E-state index < -0.39 is 28.3 Å². The lowest BCUT2D eigenvalue weighted by molar-refractivity contribution is -0.120. The standard InChI is InChI=1S/C23H22ClFN2O4S/c1-16(17-8-11-19(31-2)12-9-17)26-23(28)15-27(18-10-13-22(25)21(24)14-18)32(29,30)20-6-4-3-5-7-20/h3-14,16H,15H2,1-2H3,(H,26,28). The Labute approximate surface area is 191 Å². The Morgan fingerprint density at radius 3 is 2.34 bits per heavy atom. The first-order chi connectivity index (χ1) is 15.2. The van der Waals surface area contributed by atoms with E-state index >= 15 is 0 Å². The quantitative estimate of drug-likeness (QED) is 0.517. The van der Waals surface area contributed by atoms with Crippen molar-refractivity contribution in [2.24, 2.45) is 0 Å². The van der Waals surface area contributed by atoms with Crippen molar-refractivity contribution in [3.8, 4) is 5.75 Å². The van der Waals surface area contributed by atoms with Gasteiger partial charge >= 0.3 is 0 Å². The van der Waals surface area contributed by atoms with Crippen molar-refractivity contribution in [2.45, 2.75) is 17.9 Å². The molecule has 0 aliphatic heterocycles. The summed E-state index contributed by atoms with van der Waals surface area (Å²) in [5, 5.41) is 2.54. The first-order valence-electron chi connectivity index (χ1n) is 9.68. The number of hydrogen-bond donors (Lipinski definition) is 1. The molecular weight excluding hydrogens is 455 g/mol. The number of halogens is 2. The van der Waals surface area contributed by atoms with Crippen LogP contribution in [0.2, 0.25) is 5.02 Å². The average Bonchev–Trinajstić information content (AvgIpc) is 2.80. The van der Waals surface area contributed by atoms with E-state index in [2.05, 4.69) is 5.32 Å². The van der Waals surface area contributed by atoms with Crippen LogP contribution >= 0.6 is 11.6 Å². The Morgan fingerprint density at radius 1 is 1.09 bits per heavy atom. The smallest absolute Gasteiger partial charge is 0.264 e. The Kier molecular flexibility index (Phi) is 7.37. The Balaban J connectivity index is 1.88. The molecule has 32 heavy (non-hydrogen) atoms. The molecular formula is C23H22ClFN2O4S. The first-order valence-corrected chi connectivity index (χ1v) is 11.5. The number of carbonyl (C=O) groups excluding carboxylic acids is 1. The van der Waals surface area contributed by atoms with E-state index in [1.54, 1.807) is 44.4 Å². The molecule has 1 amide bonds. The summed E-state index contributed by atoms with van der Waals surface area (Å²) >= 11 is 5.87. The molecule has 168 valence electrons. The van der Waals surface area contributed by atoms with Crippen LogP contribution in [0.4, 0.5) is 10.1 Å². The molecule has 0 radical (unpaired) electrons. The van der Waals surface area contributed by atoms with E-state index in [0.29, 0.717) is 5.75 Å². The summed E-state index contributed by atoms with van der Waals surface area (Å²) < 4.78 is 46.3. The first kappa shape index (κ1) is 23.6. The predicted molar refractivity (Wildman–Crippen MR) is 122 cm³/mol. The van der Waals surface area contributed by atoms with Crippen LogP contribution in [0.1, 0.15) is 18.5 Å². The molecule has 0 spiro atoms. The van der Waals surface area contributed by atoms with Gasteiger partial charge in [-0.05, 0) is 55.0 Å². The minimum atomic E-state index is -4.11. The zero-order valence-electron chi connectivity index (χ0n) is 17.5. The molecule has 0 aromatic heterocycles. The maximum absolute atomic E-state index is 13.7. The Hall–Kier alpha value is -3.10. The van der Waals surface area contributed by atoms with Crippen LogP contribution in [0.5, 0.6) is 5.75 Å². The molecule has 3 rings (SSSR count). The van der Waals surface area contributed by atoms with Gasteiger partial charge in [-0.2, -0.15) is 0 Å². The number of methoxy groups -OCH3 is 1. The third-order valence-corrected chi connectivity index (χ3v) is 6.88. The van der Waals surface area contributed by atoms with Crippen LogP contribution in [-0.2, 0) is 14.8 Å². The monoisotopic (exact) mass is 476 g/mol. The van der Waals surface area contributed by atoms with E-state index in [1.807, 2.05) is 12.1 Å². The number of nitrogens with zero attached hydrogens (tertiary/aromatic N) is 1. The molecule has 0 saturated heterocycles. The van der Waals surface area contributed by atoms with Crippen LogP contribution in [0, 0.1) is 5.82 Å². The largest absolute Gasteiger partial charge is 0.497 e. The molecule has 9 heteroatoms. The second-order valence-electron chi connectivity index (χ2n) is 6.99. The second-order valence-corrected chi connectivity index (χ2v) is 9.26. The van der Waals surface area contributed by atoms with Crippen molar-refractivity contribution in [3.05, 3.63) is 89.2 Å². The van der Waals surface area contributed by atoms with Gasteiger partial charge in [-0.3, -0.25) is 9.10 Å². The van der Waals surface area contributed by atoms with Gasteiger partial charge in [0.05, 0.1) is 28.8 Å². The predicted octanol–water partition coefficient (Wildman–Crippen LogP) is 4.56. The van der Waals surface area contributed by atoms with Crippen molar-refractivity contribution in [1.29, 1.82) is 0 Å². The van der Waals surface area contributed by atoms with Gasteiger partial charge in [-0.15, -0.1) is 0 Å². The van der Waals surface area contributed by atoms with E-state index in [4.69, 9.17) is 16.3 Å². The zero-order chi connectivity index (χ0) is 23.3. The molecule has 0 aliphatic rings. The van der Waals surface area contributed by atoms with Gasteiger partial charge < -0.3 is 10.1 Å². The van der Waals surface area contributed by atoms with Gasteiger partial charge in [-0.25, -0.2) is 12.8 Å². The lowest BCUT2D eigenvalue weighted by atomic mass is 10.1. The van der Waals surface area contributed by atoms with Crippen LogP contribution in [0.25, 0.3) is 0 Å². The maximum atomic E-state index is 13.7. The molecule has 6 nitrogen and oxygen atoms in total. The fourth-order valence-corrected chi connectivity index (χ4v) is 4.68. The number of sulfonamides is 1. The topological polar surface area (TPSA) is 75.7 Å². The van der Waals surface area contributed by atoms with Gasteiger partial charge in [0.15, 0.2) is 0 Å². The number of rotatable bonds is 8. The van der Waals surface area contributed by atoms with Crippen molar-refractivity contribution in [1.82, 2.24) is 5.32 Å². The third-order valence-electron chi connectivity index (χ3n) is 4.80. The number of amides is 1. The summed E-state index contributed by atoms with van der Waals surface area (Å²) in [4.78, 5) is 12.8. The summed E-state index contributed by atoms with van der Waals surface area (Å²) in [5.41, 5.74) is 0.897. The summed E-state index contributed by atoms with van der Waals surface area (Å²) in [7, 11) is -2.55. The maximum Gasteiger partial charge on any atom is 0.264 e. The summed E-state index contributed by atoms with van der Waals surface area (Å²) in [6.45, 7) is 1.27. The normalized spacial score (nSPS) is 12.1. The highest BCUT2D eigenvalue weighted by Gasteiger charge is 2.28. The molecule has 1 unspecified atom stereocenters. The molecule has 1 atom stereocenters. The highest BCUT2D eigenvalue weighted by atomic mass is 35.5. The van der Waals surface area contributed by atoms with E-state index in [9.17, 15) is 17.6 Å². The number of nitrogens with one attached hydrogen (secondary N) is 1. The number of anilines is 1. The fourth-order valence-electron chi connectivity index (χ4n) is 3.07. The number of hydrogen-bond acceptors (Lipinski definition) is 4.